The van der Waals surface area contributed by atoms with Crippen molar-refractivity contribution in [3.63, 3.8) is 0 Å². The molecule has 2 aromatic carbocycles. The number of piperazine rings is 1. The number of H-pyrrole nitrogens is 1. The normalized spacial score (nSPS) is 15.8. The van der Waals surface area contributed by atoms with Crippen molar-refractivity contribution < 1.29 is 9.13 Å². The van der Waals surface area contributed by atoms with Crippen molar-refractivity contribution in [1.82, 2.24) is 30.1 Å². The van der Waals surface area contributed by atoms with Gasteiger partial charge >= 0.3 is 0 Å². The summed E-state index contributed by atoms with van der Waals surface area (Å²) in [6, 6.07) is 13.8. The molecule has 1 saturated heterocycles. The van der Waals surface area contributed by atoms with Crippen LogP contribution in [0, 0.1) is 5.82 Å². The predicted molar refractivity (Wildman–Crippen MR) is 141 cm³/mol. The molecular formula is C27H32FN7O2. The Morgan fingerprint density at radius 3 is 2.57 bits per heavy atom. The molecule has 0 aliphatic carbocycles. The van der Waals surface area contributed by atoms with Gasteiger partial charge in [0.15, 0.2) is 5.82 Å². The van der Waals surface area contributed by atoms with Gasteiger partial charge in [0.2, 0.25) is 0 Å². The second-order valence-electron chi connectivity index (χ2n) is 10.00. The van der Waals surface area contributed by atoms with Crippen LogP contribution < -0.4 is 15.2 Å². The summed E-state index contributed by atoms with van der Waals surface area (Å²) in [5.41, 5.74) is 1.34. The SMILES string of the molecule is CCC(C)(C)n1nnnc1[C@H](c1cc2cc(OC)ccc2[nH]c1=O)N1CCN(c2ccccc2F)CC1. The molecule has 10 heteroatoms. The third kappa shape index (κ3) is 4.69. The van der Waals surface area contributed by atoms with Crippen molar-refractivity contribution in [2.24, 2.45) is 0 Å². The first-order valence-corrected chi connectivity index (χ1v) is 12.6. The first kappa shape index (κ1) is 24.9. The van der Waals surface area contributed by atoms with Gasteiger partial charge in [0.1, 0.15) is 17.6 Å². The van der Waals surface area contributed by atoms with Gasteiger partial charge in [-0.15, -0.1) is 5.10 Å². The molecule has 2 aromatic heterocycles. The van der Waals surface area contributed by atoms with Crippen molar-refractivity contribution in [2.75, 3.05) is 38.2 Å². The van der Waals surface area contributed by atoms with E-state index in [1.165, 1.54) is 6.07 Å². The number of hydrogen-bond donors (Lipinski definition) is 1. The number of aromatic amines is 1. The summed E-state index contributed by atoms with van der Waals surface area (Å²) in [7, 11) is 1.62. The Hall–Kier alpha value is -3.79. The number of anilines is 1. The first-order valence-electron chi connectivity index (χ1n) is 12.6. The lowest BCUT2D eigenvalue weighted by Crippen LogP contribution is -2.49. The van der Waals surface area contributed by atoms with E-state index in [0.29, 0.717) is 49.0 Å². The zero-order valence-electron chi connectivity index (χ0n) is 21.6. The van der Waals surface area contributed by atoms with Crippen molar-refractivity contribution in [1.29, 1.82) is 0 Å². The highest BCUT2D eigenvalue weighted by molar-refractivity contribution is 5.80. The number of hydrogen-bond acceptors (Lipinski definition) is 7. The molecule has 5 rings (SSSR count). The van der Waals surface area contributed by atoms with E-state index in [2.05, 4.69) is 46.2 Å². The molecule has 37 heavy (non-hydrogen) atoms. The van der Waals surface area contributed by atoms with Crippen LogP contribution in [-0.4, -0.2) is 63.4 Å². The third-order valence-corrected chi connectivity index (χ3v) is 7.42. The molecule has 1 atom stereocenters. The van der Waals surface area contributed by atoms with Crippen LogP contribution in [-0.2, 0) is 5.54 Å². The topological polar surface area (TPSA) is 92.2 Å². The summed E-state index contributed by atoms with van der Waals surface area (Å²) < 4.78 is 21.7. The Bertz CT molecular complexity index is 1460. The molecule has 3 heterocycles. The summed E-state index contributed by atoms with van der Waals surface area (Å²) in [6.07, 6.45) is 0.810. The number of rotatable bonds is 7. The van der Waals surface area contributed by atoms with E-state index in [-0.39, 0.29) is 16.9 Å². The number of para-hydroxylation sites is 1. The number of tetrazole rings is 1. The Morgan fingerprint density at radius 2 is 1.86 bits per heavy atom. The van der Waals surface area contributed by atoms with Gasteiger partial charge in [-0.25, -0.2) is 9.07 Å². The second kappa shape index (κ2) is 9.93. The lowest BCUT2D eigenvalue weighted by molar-refractivity contribution is 0.186. The second-order valence-corrected chi connectivity index (χ2v) is 10.00. The monoisotopic (exact) mass is 505 g/mol. The average molecular weight is 506 g/mol. The van der Waals surface area contributed by atoms with Gasteiger partial charge in [-0.1, -0.05) is 19.1 Å². The van der Waals surface area contributed by atoms with Crippen LogP contribution in [0.5, 0.6) is 5.75 Å². The quantitative estimate of drug-likeness (QED) is 0.409. The number of halogens is 1. The number of benzene rings is 2. The highest BCUT2D eigenvalue weighted by Crippen LogP contribution is 2.32. The number of nitrogens with zero attached hydrogens (tertiary/aromatic N) is 6. The highest BCUT2D eigenvalue weighted by Gasteiger charge is 2.36. The molecule has 0 saturated carbocycles. The fourth-order valence-electron chi connectivity index (χ4n) is 4.91. The fraction of sp³-hybridized carbons (Fsp3) is 0.407. The maximum Gasteiger partial charge on any atom is 0.253 e. The van der Waals surface area contributed by atoms with E-state index in [1.807, 2.05) is 39.9 Å². The van der Waals surface area contributed by atoms with Crippen LogP contribution in [0.3, 0.4) is 0 Å². The standard InChI is InChI=1S/C27H32FN7O2/c1-5-27(2,3)35-25(30-31-32-35)24(20-17-18-16-19(37-4)10-11-22(18)29-26(20)36)34-14-12-33(13-15-34)23-9-7-6-8-21(23)28/h6-11,16-17,24H,5,12-15H2,1-4H3,(H,29,36)/t24-/m0/s1. The molecule has 1 fully saturated rings. The minimum Gasteiger partial charge on any atom is -0.497 e. The van der Waals surface area contributed by atoms with Gasteiger partial charge in [0, 0.05) is 42.6 Å². The molecule has 4 aromatic rings. The van der Waals surface area contributed by atoms with Gasteiger partial charge in [0.05, 0.1) is 18.3 Å². The van der Waals surface area contributed by atoms with Crippen LogP contribution in [0.25, 0.3) is 10.9 Å². The predicted octanol–water partition coefficient (Wildman–Crippen LogP) is 3.72. The molecule has 9 nitrogen and oxygen atoms in total. The first-order chi connectivity index (χ1) is 17.8. The maximum atomic E-state index is 14.5. The van der Waals surface area contributed by atoms with E-state index < -0.39 is 6.04 Å². The van der Waals surface area contributed by atoms with Crippen molar-refractivity contribution >= 4 is 16.6 Å². The zero-order chi connectivity index (χ0) is 26.2. The van der Waals surface area contributed by atoms with E-state index in [4.69, 9.17) is 4.74 Å². The summed E-state index contributed by atoms with van der Waals surface area (Å²) in [5.74, 6) is 1.08. The van der Waals surface area contributed by atoms with E-state index in [1.54, 1.807) is 19.2 Å². The van der Waals surface area contributed by atoms with Gasteiger partial charge in [-0.05, 0) is 67.1 Å². The molecule has 1 N–H and O–H groups in total. The number of pyridine rings is 1. The Labute approximate surface area is 214 Å². The van der Waals surface area contributed by atoms with Crippen molar-refractivity contribution in [3.8, 4) is 5.75 Å². The Morgan fingerprint density at radius 1 is 1.11 bits per heavy atom. The van der Waals surface area contributed by atoms with Crippen molar-refractivity contribution in [2.45, 2.75) is 38.8 Å². The van der Waals surface area contributed by atoms with E-state index in [9.17, 15) is 9.18 Å². The summed E-state index contributed by atoms with van der Waals surface area (Å²) in [6.45, 7) is 8.67. The number of aromatic nitrogens is 5. The number of nitrogens with one attached hydrogen (secondary N) is 1. The van der Waals surface area contributed by atoms with Crippen LogP contribution >= 0.6 is 0 Å². The van der Waals surface area contributed by atoms with Gasteiger partial charge in [0.25, 0.3) is 5.56 Å². The largest absolute Gasteiger partial charge is 0.497 e. The molecular weight excluding hydrogens is 473 g/mol. The molecule has 194 valence electrons. The minimum absolute atomic E-state index is 0.192. The minimum atomic E-state index is -0.483. The van der Waals surface area contributed by atoms with Gasteiger partial charge < -0.3 is 14.6 Å². The number of methoxy groups -OCH3 is 1. The lowest BCUT2D eigenvalue weighted by Gasteiger charge is -2.40. The smallest absolute Gasteiger partial charge is 0.253 e. The maximum absolute atomic E-state index is 14.5. The van der Waals surface area contributed by atoms with Gasteiger partial charge in [-0.3, -0.25) is 9.69 Å². The molecule has 0 bridgehead atoms. The molecule has 1 aliphatic heterocycles. The Balaban J connectivity index is 1.58. The summed E-state index contributed by atoms with van der Waals surface area (Å²) >= 11 is 0. The van der Waals surface area contributed by atoms with Crippen LogP contribution in [0.15, 0.2) is 53.3 Å². The van der Waals surface area contributed by atoms with Crippen molar-refractivity contribution in [3.05, 3.63) is 76.1 Å². The zero-order valence-corrected chi connectivity index (χ0v) is 21.6. The van der Waals surface area contributed by atoms with Crippen LogP contribution in [0.2, 0.25) is 0 Å². The molecule has 1 aliphatic rings. The van der Waals surface area contributed by atoms with E-state index in [0.717, 1.165) is 17.3 Å². The third-order valence-electron chi connectivity index (χ3n) is 7.42. The summed E-state index contributed by atoms with van der Waals surface area (Å²) in [5, 5.41) is 13.6. The molecule has 0 spiro atoms. The van der Waals surface area contributed by atoms with Crippen LogP contribution in [0.4, 0.5) is 10.1 Å². The molecule has 0 radical (unpaired) electrons. The highest BCUT2D eigenvalue weighted by atomic mass is 19.1. The Kier molecular flexibility index (Phi) is 6.68. The lowest BCUT2D eigenvalue weighted by atomic mass is 9.98. The number of fused-ring (bicyclic) bond motifs is 1. The summed E-state index contributed by atoms with van der Waals surface area (Å²) in [4.78, 5) is 20.8. The fourth-order valence-corrected chi connectivity index (χ4v) is 4.91. The van der Waals surface area contributed by atoms with E-state index >= 15 is 0 Å². The molecule has 0 unspecified atom stereocenters. The average Bonchev–Trinajstić information content (AvgIpc) is 3.40. The van der Waals surface area contributed by atoms with Crippen LogP contribution in [0.1, 0.15) is 44.6 Å². The molecule has 0 amide bonds. The van der Waals surface area contributed by atoms with Gasteiger partial charge in [-0.2, -0.15) is 0 Å². The number of ether oxygens (including phenoxy) is 1.